The monoisotopic (exact) mass is 381 g/mol. The van der Waals surface area contributed by atoms with Crippen molar-refractivity contribution in [3.8, 4) is 6.07 Å². The SMILES string of the molecule is CC(c1cccc(C(F)(F)F)c1)N(CC(=O)NC(C)(C#N)C(C)C)C1CC1. The number of carbonyl (C=O) groups excluding carboxylic acids is 1. The Bertz CT molecular complexity index is 722. The molecule has 1 N–H and O–H groups in total. The highest BCUT2D eigenvalue weighted by atomic mass is 19.4. The number of halogens is 3. The van der Waals surface area contributed by atoms with Gasteiger partial charge >= 0.3 is 6.18 Å². The average molecular weight is 381 g/mol. The summed E-state index contributed by atoms with van der Waals surface area (Å²) in [7, 11) is 0. The highest BCUT2D eigenvalue weighted by molar-refractivity contribution is 5.79. The molecule has 2 rings (SSSR count). The van der Waals surface area contributed by atoms with Gasteiger partial charge in [-0.1, -0.05) is 26.0 Å². The summed E-state index contributed by atoms with van der Waals surface area (Å²) in [6, 6.07) is 7.21. The molecule has 1 aliphatic rings. The zero-order valence-corrected chi connectivity index (χ0v) is 16.1. The van der Waals surface area contributed by atoms with Gasteiger partial charge < -0.3 is 5.32 Å². The molecule has 0 aromatic heterocycles. The van der Waals surface area contributed by atoms with E-state index in [4.69, 9.17) is 0 Å². The van der Waals surface area contributed by atoms with E-state index in [1.54, 1.807) is 13.0 Å². The van der Waals surface area contributed by atoms with Crippen LogP contribution < -0.4 is 5.32 Å². The van der Waals surface area contributed by atoms with Crippen LogP contribution >= 0.6 is 0 Å². The number of nitriles is 1. The van der Waals surface area contributed by atoms with Crippen molar-refractivity contribution in [2.45, 2.75) is 64.3 Å². The normalized spacial score (nSPS) is 18.1. The van der Waals surface area contributed by atoms with E-state index in [-0.39, 0.29) is 30.5 Å². The van der Waals surface area contributed by atoms with Crippen LogP contribution in [0.4, 0.5) is 13.2 Å². The average Bonchev–Trinajstić information content (AvgIpc) is 3.43. The van der Waals surface area contributed by atoms with Gasteiger partial charge in [-0.25, -0.2) is 0 Å². The molecule has 148 valence electrons. The molecule has 0 bridgehead atoms. The van der Waals surface area contributed by atoms with E-state index in [1.807, 2.05) is 25.7 Å². The van der Waals surface area contributed by atoms with E-state index < -0.39 is 17.3 Å². The Kier molecular flexibility index (Phi) is 6.21. The van der Waals surface area contributed by atoms with E-state index in [1.165, 1.54) is 6.07 Å². The molecule has 0 spiro atoms. The topological polar surface area (TPSA) is 56.1 Å². The summed E-state index contributed by atoms with van der Waals surface area (Å²) in [5.74, 6) is -0.361. The largest absolute Gasteiger partial charge is 0.416 e. The first-order chi connectivity index (χ1) is 12.5. The third-order valence-electron chi connectivity index (χ3n) is 5.32. The number of nitrogens with one attached hydrogen (secondary N) is 1. The molecule has 1 fully saturated rings. The van der Waals surface area contributed by atoms with E-state index in [2.05, 4.69) is 11.4 Å². The van der Waals surface area contributed by atoms with Crippen LogP contribution in [0.1, 0.15) is 57.7 Å². The van der Waals surface area contributed by atoms with Crippen molar-refractivity contribution in [2.24, 2.45) is 5.92 Å². The van der Waals surface area contributed by atoms with Crippen LogP contribution in [0.25, 0.3) is 0 Å². The number of alkyl halides is 3. The molecule has 7 heteroatoms. The molecule has 4 nitrogen and oxygen atoms in total. The maximum Gasteiger partial charge on any atom is 0.416 e. The zero-order valence-electron chi connectivity index (χ0n) is 16.1. The molecule has 2 atom stereocenters. The molecule has 1 aromatic rings. The maximum atomic E-state index is 13.0. The molecular weight excluding hydrogens is 355 g/mol. The predicted octanol–water partition coefficient (Wildman–Crippen LogP) is 4.29. The molecule has 1 amide bonds. The van der Waals surface area contributed by atoms with Crippen LogP contribution in [0.5, 0.6) is 0 Å². The number of carbonyl (C=O) groups is 1. The van der Waals surface area contributed by atoms with Gasteiger partial charge in [0.25, 0.3) is 0 Å². The van der Waals surface area contributed by atoms with Crippen LogP contribution in [0.2, 0.25) is 0 Å². The predicted molar refractivity (Wildman–Crippen MR) is 96.6 cm³/mol. The number of benzene rings is 1. The third-order valence-corrected chi connectivity index (χ3v) is 5.32. The molecule has 1 saturated carbocycles. The Hall–Kier alpha value is -2.07. The Labute approximate surface area is 158 Å². The molecule has 1 aromatic carbocycles. The number of hydrogen-bond acceptors (Lipinski definition) is 3. The first-order valence-electron chi connectivity index (χ1n) is 9.13. The zero-order chi connectivity index (χ0) is 20.4. The molecule has 2 unspecified atom stereocenters. The van der Waals surface area contributed by atoms with Crippen molar-refractivity contribution in [2.75, 3.05) is 6.54 Å². The van der Waals surface area contributed by atoms with E-state index >= 15 is 0 Å². The Morgan fingerprint density at radius 1 is 1.33 bits per heavy atom. The second-order valence-corrected chi connectivity index (χ2v) is 7.72. The number of nitrogens with zero attached hydrogens (tertiary/aromatic N) is 2. The van der Waals surface area contributed by atoms with Gasteiger partial charge in [0.15, 0.2) is 0 Å². The lowest BCUT2D eigenvalue weighted by Gasteiger charge is -2.32. The molecule has 0 aliphatic heterocycles. The molecule has 0 radical (unpaired) electrons. The lowest BCUT2D eigenvalue weighted by atomic mass is 9.90. The second-order valence-electron chi connectivity index (χ2n) is 7.72. The van der Waals surface area contributed by atoms with Crippen LogP contribution in [0.3, 0.4) is 0 Å². The highest BCUT2D eigenvalue weighted by Crippen LogP contribution is 2.36. The van der Waals surface area contributed by atoms with E-state index in [9.17, 15) is 23.2 Å². The molecule has 1 aliphatic carbocycles. The Balaban J connectivity index is 2.16. The number of hydrogen-bond donors (Lipinski definition) is 1. The van der Waals surface area contributed by atoms with Crippen molar-refractivity contribution in [1.82, 2.24) is 10.2 Å². The Morgan fingerprint density at radius 2 is 1.96 bits per heavy atom. The van der Waals surface area contributed by atoms with Gasteiger partial charge in [0, 0.05) is 12.1 Å². The summed E-state index contributed by atoms with van der Waals surface area (Å²) < 4.78 is 39.0. The molecule has 0 heterocycles. The lowest BCUT2D eigenvalue weighted by molar-refractivity contribution is -0.137. The standard InChI is InChI=1S/C20H26F3N3O/c1-13(2)19(4,12-24)25-18(27)11-26(17-8-9-17)14(3)15-6-5-7-16(10-15)20(21,22)23/h5-7,10,13-14,17H,8-9,11H2,1-4H3,(H,25,27). The summed E-state index contributed by atoms with van der Waals surface area (Å²) in [4.78, 5) is 14.5. The van der Waals surface area contributed by atoms with Crippen molar-refractivity contribution in [3.63, 3.8) is 0 Å². The maximum absolute atomic E-state index is 13.0. The van der Waals surface area contributed by atoms with Crippen LogP contribution in [0.15, 0.2) is 24.3 Å². The van der Waals surface area contributed by atoms with E-state index in [0.29, 0.717) is 5.56 Å². The second kappa shape index (κ2) is 7.89. The molecule has 27 heavy (non-hydrogen) atoms. The molecular formula is C20H26F3N3O. The smallest absolute Gasteiger partial charge is 0.337 e. The van der Waals surface area contributed by atoms with Gasteiger partial charge in [0.05, 0.1) is 18.2 Å². The minimum Gasteiger partial charge on any atom is -0.337 e. The van der Waals surface area contributed by atoms with Gasteiger partial charge in [0.1, 0.15) is 5.54 Å². The quantitative estimate of drug-likeness (QED) is 0.767. The minimum absolute atomic E-state index is 0.0477. The van der Waals surface area contributed by atoms with Gasteiger partial charge in [-0.15, -0.1) is 0 Å². The fraction of sp³-hybridized carbons (Fsp3) is 0.600. The van der Waals surface area contributed by atoms with Crippen molar-refractivity contribution in [3.05, 3.63) is 35.4 Å². The highest BCUT2D eigenvalue weighted by Gasteiger charge is 2.37. The van der Waals surface area contributed by atoms with Gasteiger partial charge in [-0.2, -0.15) is 18.4 Å². The van der Waals surface area contributed by atoms with Gasteiger partial charge in [0.2, 0.25) is 5.91 Å². The van der Waals surface area contributed by atoms with Crippen molar-refractivity contribution < 1.29 is 18.0 Å². The third kappa shape index (κ3) is 5.23. The summed E-state index contributed by atoms with van der Waals surface area (Å²) in [6.07, 6.45) is -2.57. The number of rotatable bonds is 7. The van der Waals surface area contributed by atoms with Crippen molar-refractivity contribution in [1.29, 1.82) is 5.26 Å². The minimum atomic E-state index is -4.40. The molecule has 0 saturated heterocycles. The van der Waals surface area contributed by atoms with Crippen LogP contribution in [-0.4, -0.2) is 28.9 Å². The first kappa shape index (κ1) is 21.2. The summed E-state index contributed by atoms with van der Waals surface area (Å²) in [5.41, 5.74) is -1.15. The summed E-state index contributed by atoms with van der Waals surface area (Å²) in [6.45, 7) is 7.24. The fourth-order valence-electron chi connectivity index (χ4n) is 2.95. The summed E-state index contributed by atoms with van der Waals surface area (Å²) >= 11 is 0. The fourth-order valence-corrected chi connectivity index (χ4v) is 2.95. The first-order valence-corrected chi connectivity index (χ1v) is 9.13. The lowest BCUT2D eigenvalue weighted by Crippen LogP contribution is -2.52. The van der Waals surface area contributed by atoms with Gasteiger partial charge in [-0.3, -0.25) is 9.69 Å². The van der Waals surface area contributed by atoms with Crippen molar-refractivity contribution >= 4 is 5.91 Å². The van der Waals surface area contributed by atoms with Crippen LogP contribution in [0, 0.1) is 17.2 Å². The van der Waals surface area contributed by atoms with Crippen LogP contribution in [-0.2, 0) is 11.0 Å². The Morgan fingerprint density at radius 3 is 2.44 bits per heavy atom. The van der Waals surface area contributed by atoms with E-state index in [0.717, 1.165) is 25.0 Å². The summed E-state index contributed by atoms with van der Waals surface area (Å²) in [5, 5.41) is 12.1. The number of amides is 1. The van der Waals surface area contributed by atoms with Gasteiger partial charge in [-0.05, 0) is 50.3 Å².